The van der Waals surface area contributed by atoms with Gasteiger partial charge >= 0.3 is 0 Å². The summed E-state index contributed by atoms with van der Waals surface area (Å²) in [6, 6.07) is 0. The van der Waals surface area contributed by atoms with Crippen LogP contribution in [0.25, 0.3) is 0 Å². The number of carbonyl (C=O) groups excluding carboxylic acids is 1. The zero-order valence-electron chi connectivity index (χ0n) is 9.85. The minimum absolute atomic E-state index is 0.202. The van der Waals surface area contributed by atoms with Crippen LogP contribution in [-0.2, 0) is 0 Å². The lowest BCUT2D eigenvalue weighted by molar-refractivity contribution is -0.00536. The molecule has 1 fully saturated rings. The van der Waals surface area contributed by atoms with E-state index < -0.39 is 5.60 Å². The van der Waals surface area contributed by atoms with Crippen LogP contribution in [0.2, 0.25) is 0 Å². The standard InChI is InChI=1S/C11H17N3O2S/c1-8-2-4-11(16,5-3-8)7-12-10(15)9-6-13-14-17-9/h6,8,16H,2-5,7H2,1H3,(H,12,15). The van der Waals surface area contributed by atoms with Gasteiger partial charge < -0.3 is 10.4 Å². The number of hydrogen-bond acceptors (Lipinski definition) is 5. The number of aromatic nitrogens is 2. The first-order chi connectivity index (χ1) is 8.09. The van der Waals surface area contributed by atoms with E-state index in [2.05, 4.69) is 21.8 Å². The molecular weight excluding hydrogens is 238 g/mol. The summed E-state index contributed by atoms with van der Waals surface area (Å²) in [7, 11) is 0. The number of nitrogens with one attached hydrogen (secondary N) is 1. The van der Waals surface area contributed by atoms with Crippen LogP contribution in [0, 0.1) is 5.92 Å². The monoisotopic (exact) mass is 255 g/mol. The maximum Gasteiger partial charge on any atom is 0.264 e. The Morgan fingerprint density at radius 3 is 2.94 bits per heavy atom. The maximum absolute atomic E-state index is 11.7. The van der Waals surface area contributed by atoms with Gasteiger partial charge in [0.15, 0.2) is 0 Å². The van der Waals surface area contributed by atoms with Crippen LogP contribution in [-0.4, -0.2) is 32.7 Å². The number of amides is 1. The predicted molar refractivity (Wildman–Crippen MR) is 64.8 cm³/mol. The third-order valence-electron chi connectivity index (χ3n) is 3.37. The summed E-state index contributed by atoms with van der Waals surface area (Å²) < 4.78 is 3.63. The minimum atomic E-state index is -0.736. The van der Waals surface area contributed by atoms with Gasteiger partial charge in [-0.25, -0.2) is 0 Å². The molecule has 1 aliphatic rings. The Labute approximate surface area is 104 Å². The molecule has 0 atom stereocenters. The topological polar surface area (TPSA) is 75.1 Å². The van der Waals surface area contributed by atoms with E-state index in [4.69, 9.17) is 0 Å². The second-order valence-corrected chi connectivity index (χ2v) is 5.66. The fourth-order valence-electron chi connectivity index (χ4n) is 2.08. The largest absolute Gasteiger partial charge is 0.388 e. The number of nitrogens with zero attached hydrogens (tertiary/aromatic N) is 2. The van der Waals surface area contributed by atoms with Gasteiger partial charge in [0.25, 0.3) is 5.91 Å². The van der Waals surface area contributed by atoms with E-state index in [1.54, 1.807) is 0 Å². The Morgan fingerprint density at radius 1 is 1.65 bits per heavy atom. The molecule has 1 aliphatic carbocycles. The van der Waals surface area contributed by atoms with Crippen molar-refractivity contribution < 1.29 is 9.90 Å². The number of carbonyl (C=O) groups is 1. The average Bonchev–Trinajstić information content (AvgIpc) is 2.84. The van der Waals surface area contributed by atoms with E-state index in [9.17, 15) is 9.90 Å². The second kappa shape index (κ2) is 5.10. The highest BCUT2D eigenvalue weighted by Gasteiger charge is 2.32. The fourth-order valence-corrected chi connectivity index (χ4v) is 2.51. The van der Waals surface area contributed by atoms with Crippen molar-refractivity contribution in [3.8, 4) is 0 Å². The lowest BCUT2D eigenvalue weighted by Crippen LogP contribution is -2.45. The molecule has 1 saturated carbocycles. The Morgan fingerprint density at radius 2 is 2.35 bits per heavy atom. The number of aliphatic hydroxyl groups is 1. The molecule has 6 heteroatoms. The minimum Gasteiger partial charge on any atom is -0.388 e. The first-order valence-corrected chi connectivity index (χ1v) is 6.64. The third kappa shape index (κ3) is 3.23. The van der Waals surface area contributed by atoms with Crippen LogP contribution >= 0.6 is 11.5 Å². The molecule has 1 aromatic heterocycles. The molecule has 0 aliphatic heterocycles. The summed E-state index contributed by atoms with van der Waals surface area (Å²) >= 11 is 1.06. The van der Waals surface area contributed by atoms with Gasteiger partial charge in [0.1, 0.15) is 4.88 Å². The van der Waals surface area contributed by atoms with Crippen LogP contribution in [0.1, 0.15) is 42.3 Å². The molecule has 0 saturated heterocycles. The molecule has 94 valence electrons. The SMILES string of the molecule is CC1CCC(O)(CNC(=O)c2cnns2)CC1. The Bertz CT molecular complexity index is 372. The normalized spacial score (nSPS) is 28.9. The van der Waals surface area contributed by atoms with Gasteiger partial charge in [-0.1, -0.05) is 11.4 Å². The van der Waals surface area contributed by atoms with E-state index in [1.807, 2.05) is 0 Å². The van der Waals surface area contributed by atoms with Crippen molar-refractivity contribution in [1.82, 2.24) is 14.9 Å². The zero-order chi connectivity index (χ0) is 12.3. The van der Waals surface area contributed by atoms with Crippen molar-refractivity contribution in [2.45, 2.75) is 38.2 Å². The van der Waals surface area contributed by atoms with E-state index in [1.165, 1.54) is 6.20 Å². The molecule has 0 spiro atoms. The first-order valence-electron chi connectivity index (χ1n) is 5.87. The molecule has 1 heterocycles. The molecule has 1 aromatic rings. The third-order valence-corrected chi connectivity index (χ3v) is 4.03. The molecule has 0 unspecified atom stereocenters. The van der Waals surface area contributed by atoms with Crippen LogP contribution in [0.15, 0.2) is 6.20 Å². The highest BCUT2D eigenvalue weighted by atomic mass is 32.1. The quantitative estimate of drug-likeness (QED) is 0.851. The van der Waals surface area contributed by atoms with E-state index in [0.717, 1.165) is 37.2 Å². The van der Waals surface area contributed by atoms with Gasteiger partial charge in [-0.2, -0.15) is 0 Å². The summed E-state index contributed by atoms with van der Waals surface area (Å²) in [5.74, 6) is 0.476. The second-order valence-electron chi connectivity index (χ2n) is 4.87. The van der Waals surface area contributed by atoms with Gasteiger partial charge in [0, 0.05) is 6.54 Å². The van der Waals surface area contributed by atoms with Crippen LogP contribution < -0.4 is 5.32 Å². The van der Waals surface area contributed by atoms with E-state index in [-0.39, 0.29) is 5.91 Å². The lowest BCUT2D eigenvalue weighted by Gasteiger charge is -2.34. The van der Waals surface area contributed by atoms with Crippen molar-refractivity contribution in [3.63, 3.8) is 0 Å². The summed E-state index contributed by atoms with van der Waals surface area (Å²) in [5, 5.41) is 16.7. The van der Waals surface area contributed by atoms with Crippen molar-refractivity contribution in [3.05, 3.63) is 11.1 Å². The summed E-state index contributed by atoms with van der Waals surface area (Å²) in [6.45, 7) is 2.51. The van der Waals surface area contributed by atoms with Crippen molar-refractivity contribution in [1.29, 1.82) is 0 Å². The maximum atomic E-state index is 11.7. The average molecular weight is 255 g/mol. The molecule has 0 bridgehead atoms. The van der Waals surface area contributed by atoms with E-state index >= 15 is 0 Å². The molecule has 2 N–H and O–H groups in total. The first kappa shape index (κ1) is 12.4. The Hall–Kier alpha value is -1.01. The molecular formula is C11H17N3O2S. The molecule has 0 radical (unpaired) electrons. The van der Waals surface area contributed by atoms with Gasteiger partial charge in [0.2, 0.25) is 0 Å². The molecule has 0 aromatic carbocycles. The number of hydrogen-bond donors (Lipinski definition) is 2. The highest BCUT2D eigenvalue weighted by Crippen LogP contribution is 2.31. The highest BCUT2D eigenvalue weighted by molar-refractivity contribution is 7.07. The molecule has 5 nitrogen and oxygen atoms in total. The number of rotatable bonds is 3. The Kier molecular flexibility index (Phi) is 3.73. The van der Waals surface area contributed by atoms with Crippen molar-refractivity contribution in [2.24, 2.45) is 5.92 Å². The van der Waals surface area contributed by atoms with Gasteiger partial charge in [0.05, 0.1) is 11.8 Å². The lowest BCUT2D eigenvalue weighted by atomic mass is 9.79. The van der Waals surface area contributed by atoms with Crippen LogP contribution in [0.5, 0.6) is 0 Å². The molecule has 17 heavy (non-hydrogen) atoms. The van der Waals surface area contributed by atoms with Gasteiger partial charge in [-0.15, -0.1) is 5.10 Å². The molecule has 1 amide bonds. The smallest absolute Gasteiger partial charge is 0.264 e. The van der Waals surface area contributed by atoms with E-state index in [0.29, 0.717) is 17.3 Å². The van der Waals surface area contributed by atoms with Gasteiger partial charge in [-0.3, -0.25) is 4.79 Å². The zero-order valence-corrected chi connectivity index (χ0v) is 10.7. The summed E-state index contributed by atoms with van der Waals surface area (Å²) in [6.07, 6.45) is 5.00. The Balaban J connectivity index is 1.83. The fraction of sp³-hybridized carbons (Fsp3) is 0.727. The summed E-state index contributed by atoms with van der Waals surface area (Å²) in [5.41, 5.74) is -0.736. The van der Waals surface area contributed by atoms with Crippen LogP contribution in [0.4, 0.5) is 0 Å². The van der Waals surface area contributed by atoms with Crippen molar-refractivity contribution in [2.75, 3.05) is 6.54 Å². The van der Waals surface area contributed by atoms with Crippen molar-refractivity contribution >= 4 is 17.4 Å². The van der Waals surface area contributed by atoms with Gasteiger partial charge in [-0.05, 0) is 43.1 Å². The summed E-state index contributed by atoms with van der Waals surface area (Å²) in [4.78, 5) is 12.1. The molecule has 2 rings (SSSR count). The predicted octanol–water partition coefficient (Wildman–Crippen LogP) is 1.21. The van der Waals surface area contributed by atoms with Crippen LogP contribution in [0.3, 0.4) is 0 Å².